The van der Waals surface area contributed by atoms with Crippen molar-refractivity contribution >= 4 is 28.4 Å². The molecule has 0 aliphatic heterocycles. The molecule has 8 heteroatoms. The number of aromatic nitrogens is 3. The lowest BCUT2D eigenvalue weighted by Crippen LogP contribution is -2.30. The number of nitrogens with zero attached hydrogens (tertiary/aromatic N) is 3. The number of fused-ring (bicyclic) bond motifs is 1. The van der Waals surface area contributed by atoms with Crippen molar-refractivity contribution in [2.75, 3.05) is 10.6 Å². The van der Waals surface area contributed by atoms with E-state index >= 15 is 0 Å². The molecule has 2 amide bonds. The molecule has 8 nitrogen and oxygen atoms in total. The highest BCUT2D eigenvalue weighted by Crippen LogP contribution is 2.36. The van der Waals surface area contributed by atoms with Gasteiger partial charge in [-0.1, -0.05) is 71.4 Å². The van der Waals surface area contributed by atoms with Crippen molar-refractivity contribution in [3.63, 3.8) is 0 Å². The molecule has 0 saturated heterocycles. The van der Waals surface area contributed by atoms with Crippen molar-refractivity contribution in [3.8, 4) is 16.9 Å². The molecule has 0 radical (unpaired) electrons. The Morgan fingerprint density at radius 2 is 1.57 bits per heavy atom. The molecule has 0 bridgehead atoms. The number of amides is 2. The first-order chi connectivity index (χ1) is 22.6. The topological polar surface area (TPSA) is 98.1 Å². The fourth-order valence-corrected chi connectivity index (χ4v) is 6.01. The zero-order valence-electron chi connectivity index (χ0n) is 28.5. The average molecular weight is 632 g/mol. The van der Waals surface area contributed by atoms with Crippen LogP contribution in [-0.2, 0) is 13.2 Å². The third-order valence-electron chi connectivity index (χ3n) is 8.62. The molecule has 3 heterocycles. The molecule has 0 saturated carbocycles. The van der Waals surface area contributed by atoms with Crippen molar-refractivity contribution in [2.24, 2.45) is 0 Å². The number of aryl methyl sites for hydroxylation is 3. The fraction of sp³-hybridized carbons (Fsp3) is 0.333. The van der Waals surface area contributed by atoms with E-state index in [9.17, 15) is 9.59 Å². The summed E-state index contributed by atoms with van der Waals surface area (Å²) in [7, 11) is 0. The van der Waals surface area contributed by atoms with Crippen LogP contribution in [0.4, 0.5) is 16.2 Å². The fourth-order valence-electron chi connectivity index (χ4n) is 6.01. The summed E-state index contributed by atoms with van der Waals surface area (Å²) in [6, 6.07) is 19.0. The smallest absolute Gasteiger partial charge is 0.323 e. The number of hydrogen-bond donors (Lipinski definition) is 2. The van der Waals surface area contributed by atoms with E-state index in [0.717, 1.165) is 57.4 Å². The zero-order chi connectivity index (χ0) is 33.7. The number of nitrogens with one attached hydrogen (secondary N) is 2. The van der Waals surface area contributed by atoms with Crippen molar-refractivity contribution in [1.29, 1.82) is 0 Å². The maximum Gasteiger partial charge on any atom is 0.323 e. The summed E-state index contributed by atoms with van der Waals surface area (Å²) < 4.78 is 7.94. The molecule has 0 atom stereocenters. The number of anilines is 2. The Morgan fingerprint density at radius 3 is 2.26 bits per heavy atom. The molecular weight excluding hydrogens is 586 g/mol. The number of rotatable bonds is 11. The molecule has 0 spiro atoms. The van der Waals surface area contributed by atoms with Crippen LogP contribution in [0, 0.1) is 13.8 Å². The van der Waals surface area contributed by atoms with Gasteiger partial charge < -0.3 is 15.4 Å². The van der Waals surface area contributed by atoms with Crippen LogP contribution >= 0.6 is 0 Å². The van der Waals surface area contributed by atoms with Gasteiger partial charge in [-0.2, -0.15) is 0 Å². The number of pyridine rings is 3. The first-order valence-electron chi connectivity index (χ1n) is 16.5. The second kappa shape index (κ2) is 14.6. The van der Waals surface area contributed by atoms with Gasteiger partial charge in [0.05, 0.1) is 0 Å². The van der Waals surface area contributed by atoms with E-state index in [-0.39, 0.29) is 23.1 Å². The Hall–Kier alpha value is -4.98. The predicted molar refractivity (Wildman–Crippen MR) is 192 cm³/mol. The highest BCUT2D eigenvalue weighted by atomic mass is 16.5. The lowest BCUT2D eigenvalue weighted by Gasteiger charge is -2.22. The Kier molecular flexibility index (Phi) is 10.4. The van der Waals surface area contributed by atoms with Gasteiger partial charge in [0.15, 0.2) is 0 Å². The molecule has 0 aliphatic rings. The third-order valence-corrected chi connectivity index (χ3v) is 8.62. The van der Waals surface area contributed by atoms with Gasteiger partial charge in [-0.15, -0.1) is 0 Å². The van der Waals surface area contributed by atoms with Crippen molar-refractivity contribution < 1.29 is 9.53 Å². The first-order valence-corrected chi connectivity index (χ1v) is 16.5. The van der Waals surface area contributed by atoms with E-state index < -0.39 is 6.03 Å². The highest BCUT2D eigenvalue weighted by Gasteiger charge is 2.23. The minimum atomic E-state index is -0.474. The van der Waals surface area contributed by atoms with Crippen LogP contribution in [0.2, 0.25) is 0 Å². The average Bonchev–Trinajstić information content (AvgIpc) is 3.04. The largest absolute Gasteiger partial charge is 0.489 e. The summed E-state index contributed by atoms with van der Waals surface area (Å²) in [5.74, 6) is 1.03. The molecule has 2 N–H and O–H groups in total. The highest BCUT2D eigenvalue weighted by molar-refractivity contribution is 6.07. The Balaban J connectivity index is 1.61. The van der Waals surface area contributed by atoms with E-state index in [1.165, 1.54) is 0 Å². The van der Waals surface area contributed by atoms with Gasteiger partial charge in [0, 0.05) is 46.8 Å². The van der Waals surface area contributed by atoms with Crippen molar-refractivity contribution in [2.45, 2.75) is 86.3 Å². The van der Waals surface area contributed by atoms with E-state index in [2.05, 4.69) is 55.2 Å². The van der Waals surface area contributed by atoms with Gasteiger partial charge in [-0.3, -0.25) is 14.3 Å². The first kappa shape index (κ1) is 33.4. The van der Waals surface area contributed by atoms with Crippen LogP contribution < -0.4 is 20.9 Å². The number of hydrogen-bond acceptors (Lipinski definition) is 5. The molecule has 5 rings (SSSR count). The number of carbonyl (C=O) groups excluding carboxylic acids is 1. The molecule has 0 unspecified atom stereocenters. The number of benzene rings is 2. The Labute approximate surface area is 277 Å². The quantitative estimate of drug-likeness (QED) is 0.151. The SMILES string of the molecule is CCCCn1c(=O)c(NC(=O)Nc2c(C(C)C)cccc2C(C)C)c(-c2cccc(OCc3c(C)ccnc3C)c2)c2cccnc21. The lowest BCUT2D eigenvalue weighted by molar-refractivity contribution is 0.262. The zero-order valence-corrected chi connectivity index (χ0v) is 28.5. The maximum absolute atomic E-state index is 14.3. The van der Waals surface area contributed by atoms with E-state index in [1.807, 2.05) is 74.5 Å². The summed E-state index contributed by atoms with van der Waals surface area (Å²) in [6.45, 7) is 15.4. The number of unbranched alkanes of at least 4 members (excludes halogenated alkanes) is 1. The van der Waals surface area contributed by atoms with Crippen LogP contribution in [0.25, 0.3) is 22.2 Å². The van der Waals surface area contributed by atoms with Crippen molar-refractivity contribution in [1.82, 2.24) is 14.5 Å². The minimum absolute atomic E-state index is 0.194. The summed E-state index contributed by atoms with van der Waals surface area (Å²) in [5.41, 5.74) is 7.73. The van der Waals surface area contributed by atoms with Crippen molar-refractivity contribution in [3.05, 3.63) is 111 Å². The van der Waals surface area contributed by atoms with Gasteiger partial charge in [-0.25, -0.2) is 9.78 Å². The minimum Gasteiger partial charge on any atom is -0.489 e. The molecular formula is C39H45N5O3. The maximum atomic E-state index is 14.3. The van der Waals surface area contributed by atoms with Gasteiger partial charge in [-0.05, 0) is 84.7 Å². The van der Waals surface area contributed by atoms with Crippen LogP contribution in [0.5, 0.6) is 5.75 Å². The third kappa shape index (κ3) is 7.22. The molecule has 5 aromatic rings. The normalized spacial score (nSPS) is 11.3. The number of urea groups is 1. The summed E-state index contributed by atoms with van der Waals surface area (Å²) >= 11 is 0. The van der Waals surface area contributed by atoms with Crippen LogP contribution in [0.1, 0.15) is 87.2 Å². The molecule has 0 fully saturated rings. The second-order valence-electron chi connectivity index (χ2n) is 12.6. The van der Waals surface area contributed by atoms with Gasteiger partial charge in [0.1, 0.15) is 23.7 Å². The van der Waals surface area contributed by atoms with Crippen LogP contribution in [-0.4, -0.2) is 20.6 Å². The number of carbonyl (C=O) groups is 1. The van der Waals surface area contributed by atoms with E-state index in [1.54, 1.807) is 17.0 Å². The standard InChI is InChI=1S/C39H45N5O3/c1-8-9-21-44-37-32(17-12-19-41-37)34(28-13-10-14-29(22-28)47-23-33-26(6)18-20-40-27(33)7)36(38(44)45)43-39(46)42-35-30(24(2)3)15-11-16-31(35)25(4)5/h10-20,22,24-25H,8-9,21,23H2,1-7H3,(H2,42,43,46). The molecule has 0 aliphatic carbocycles. The van der Waals surface area contributed by atoms with Crippen LogP contribution in [0.15, 0.2) is 77.9 Å². The molecule has 2 aromatic carbocycles. The predicted octanol–water partition coefficient (Wildman–Crippen LogP) is 9.35. The van der Waals surface area contributed by atoms with Gasteiger partial charge in [0.25, 0.3) is 5.56 Å². The summed E-state index contributed by atoms with van der Waals surface area (Å²) in [5, 5.41) is 6.89. The summed E-state index contributed by atoms with van der Waals surface area (Å²) in [4.78, 5) is 37.3. The Morgan fingerprint density at radius 1 is 0.872 bits per heavy atom. The monoisotopic (exact) mass is 631 g/mol. The van der Waals surface area contributed by atoms with E-state index in [4.69, 9.17) is 4.74 Å². The number of para-hydroxylation sites is 1. The van der Waals surface area contributed by atoms with Gasteiger partial charge >= 0.3 is 6.03 Å². The van der Waals surface area contributed by atoms with Gasteiger partial charge in [0.2, 0.25) is 0 Å². The van der Waals surface area contributed by atoms with E-state index in [0.29, 0.717) is 30.1 Å². The Bertz CT molecular complexity index is 1910. The summed E-state index contributed by atoms with van der Waals surface area (Å²) in [6.07, 6.45) is 5.20. The van der Waals surface area contributed by atoms with Crippen LogP contribution in [0.3, 0.4) is 0 Å². The number of ether oxygens (including phenoxy) is 1. The molecule has 3 aromatic heterocycles. The molecule has 47 heavy (non-hydrogen) atoms. The second-order valence-corrected chi connectivity index (χ2v) is 12.6. The lowest BCUT2D eigenvalue weighted by atomic mass is 9.93. The molecule has 244 valence electrons.